The van der Waals surface area contributed by atoms with E-state index in [1.54, 1.807) is 12.5 Å². The van der Waals surface area contributed by atoms with Crippen molar-refractivity contribution in [2.45, 2.75) is 6.92 Å². The fourth-order valence-corrected chi connectivity index (χ4v) is 3.46. The van der Waals surface area contributed by atoms with Crippen molar-refractivity contribution < 1.29 is 0 Å². The Hall–Kier alpha value is -2.90. The van der Waals surface area contributed by atoms with Gasteiger partial charge in [0, 0.05) is 20.1 Å². The molecule has 0 saturated heterocycles. The maximum atomic E-state index is 6.40. The third-order valence-corrected chi connectivity index (χ3v) is 5.24. The van der Waals surface area contributed by atoms with E-state index in [0.717, 1.165) is 46.8 Å². The highest BCUT2D eigenvalue weighted by Crippen LogP contribution is 2.31. The Bertz CT molecular complexity index is 1150. The summed E-state index contributed by atoms with van der Waals surface area (Å²) >= 11 is 6.40. The number of aryl methyl sites for hydroxylation is 1. The number of likely N-dealkylation sites (N-methyl/N-ethyl adjacent to an activating group) is 2. The van der Waals surface area contributed by atoms with Gasteiger partial charge in [0.25, 0.3) is 0 Å². The number of hydrogen-bond donors (Lipinski definition) is 1. The van der Waals surface area contributed by atoms with Crippen LogP contribution in [0.5, 0.6) is 0 Å². The monoisotopic (exact) mass is 409 g/mol. The van der Waals surface area contributed by atoms with Crippen molar-refractivity contribution in [3.8, 4) is 0 Å². The van der Waals surface area contributed by atoms with Gasteiger partial charge in [0.2, 0.25) is 0 Å². The van der Waals surface area contributed by atoms with E-state index in [2.05, 4.69) is 34.2 Å². The molecule has 0 atom stereocenters. The van der Waals surface area contributed by atoms with Crippen molar-refractivity contribution >= 4 is 45.6 Å². The van der Waals surface area contributed by atoms with Crippen LogP contribution in [0.4, 0.5) is 17.3 Å². The molecule has 0 aliphatic carbocycles. The van der Waals surface area contributed by atoms with Crippen LogP contribution < -0.4 is 10.2 Å². The SMILES string of the molecule is Cc1cccc(Cl)c1Nc1nc2ccc(N(C)CCN(C)C)nc2n2cncc12. The molecular formula is C21H24ClN7. The number of benzene rings is 1. The molecule has 0 radical (unpaired) electrons. The molecule has 0 bridgehead atoms. The minimum Gasteiger partial charge on any atom is -0.358 e. The molecule has 0 aliphatic rings. The Morgan fingerprint density at radius 1 is 1.07 bits per heavy atom. The van der Waals surface area contributed by atoms with Crippen LogP contribution in [0.15, 0.2) is 42.9 Å². The molecule has 8 heteroatoms. The van der Waals surface area contributed by atoms with Gasteiger partial charge in [-0.25, -0.2) is 15.0 Å². The quantitative estimate of drug-likeness (QED) is 0.519. The fraction of sp³-hybridized carbons (Fsp3) is 0.286. The van der Waals surface area contributed by atoms with Crippen LogP contribution in [0, 0.1) is 6.92 Å². The average molecular weight is 410 g/mol. The number of imidazole rings is 1. The molecule has 0 fully saturated rings. The largest absolute Gasteiger partial charge is 0.358 e. The standard InChI is InChI=1S/C21H24ClN7/c1-14-6-5-7-15(22)19(14)26-20-17-12-23-13-29(17)21-16(24-20)8-9-18(25-21)28(4)11-10-27(2)3/h5-9,12-13H,10-11H2,1-4H3,(H,24,26). The molecular weight excluding hydrogens is 386 g/mol. The van der Waals surface area contributed by atoms with Gasteiger partial charge in [-0.3, -0.25) is 4.40 Å². The van der Waals surface area contributed by atoms with Crippen LogP contribution in [0.25, 0.3) is 16.7 Å². The number of para-hydroxylation sites is 1. The molecule has 0 aliphatic heterocycles. The van der Waals surface area contributed by atoms with E-state index < -0.39 is 0 Å². The summed E-state index contributed by atoms with van der Waals surface area (Å²) in [4.78, 5) is 18.3. The summed E-state index contributed by atoms with van der Waals surface area (Å²) in [5.41, 5.74) is 4.29. The lowest BCUT2D eigenvalue weighted by molar-refractivity contribution is 0.416. The van der Waals surface area contributed by atoms with Gasteiger partial charge < -0.3 is 15.1 Å². The normalized spacial score (nSPS) is 11.5. The van der Waals surface area contributed by atoms with Crippen molar-refractivity contribution in [3.05, 3.63) is 53.4 Å². The molecule has 7 nitrogen and oxygen atoms in total. The Labute approximate surface area is 175 Å². The van der Waals surface area contributed by atoms with E-state index in [9.17, 15) is 0 Å². The van der Waals surface area contributed by atoms with Gasteiger partial charge in [-0.1, -0.05) is 23.7 Å². The number of anilines is 3. The summed E-state index contributed by atoms with van der Waals surface area (Å²) < 4.78 is 1.96. The fourth-order valence-electron chi connectivity index (χ4n) is 3.19. The van der Waals surface area contributed by atoms with E-state index in [4.69, 9.17) is 21.6 Å². The molecule has 4 rings (SSSR count). The van der Waals surface area contributed by atoms with Gasteiger partial charge >= 0.3 is 0 Å². The van der Waals surface area contributed by atoms with Gasteiger partial charge in [0.1, 0.15) is 23.2 Å². The molecule has 3 aromatic heterocycles. The van der Waals surface area contributed by atoms with Crippen LogP contribution in [0.3, 0.4) is 0 Å². The molecule has 3 heterocycles. The average Bonchev–Trinajstić information content (AvgIpc) is 3.19. The predicted molar refractivity (Wildman–Crippen MR) is 120 cm³/mol. The summed E-state index contributed by atoms with van der Waals surface area (Å²) in [5.74, 6) is 1.60. The first-order valence-electron chi connectivity index (χ1n) is 9.45. The number of nitrogens with zero attached hydrogens (tertiary/aromatic N) is 6. The van der Waals surface area contributed by atoms with Crippen LogP contribution in [-0.2, 0) is 0 Å². The molecule has 0 unspecified atom stereocenters. The lowest BCUT2D eigenvalue weighted by Crippen LogP contribution is -2.29. The number of aromatic nitrogens is 4. The van der Waals surface area contributed by atoms with Gasteiger partial charge in [0.15, 0.2) is 11.5 Å². The first-order valence-corrected chi connectivity index (χ1v) is 9.82. The Balaban J connectivity index is 1.77. The Morgan fingerprint density at radius 2 is 1.90 bits per heavy atom. The zero-order chi connectivity index (χ0) is 20.5. The molecule has 0 spiro atoms. The summed E-state index contributed by atoms with van der Waals surface area (Å²) in [5, 5.41) is 4.04. The Morgan fingerprint density at radius 3 is 2.66 bits per heavy atom. The molecule has 0 saturated carbocycles. The van der Waals surface area contributed by atoms with Crippen LogP contribution in [0.2, 0.25) is 5.02 Å². The van der Waals surface area contributed by atoms with Gasteiger partial charge in [-0.05, 0) is 44.8 Å². The van der Waals surface area contributed by atoms with Crippen molar-refractivity contribution in [1.29, 1.82) is 0 Å². The van der Waals surface area contributed by atoms with Crippen LogP contribution >= 0.6 is 11.6 Å². The summed E-state index contributed by atoms with van der Waals surface area (Å²) in [6.45, 7) is 3.85. The number of hydrogen-bond acceptors (Lipinski definition) is 6. The molecule has 4 aromatic rings. The summed E-state index contributed by atoms with van der Waals surface area (Å²) in [7, 11) is 6.18. The molecule has 0 amide bonds. The second-order valence-corrected chi connectivity index (χ2v) is 7.81. The molecule has 150 valence electrons. The van der Waals surface area contributed by atoms with E-state index in [1.165, 1.54) is 0 Å². The lowest BCUT2D eigenvalue weighted by atomic mass is 10.2. The minimum atomic E-state index is 0.653. The zero-order valence-corrected chi connectivity index (χ0v) is 17.8. The first kappa shape index (κ1) is 19.4. The van der Waals surface area contributed by atoms with Crippen LogP contribution in [0.1, 0.15) is 5.56 Å². The molecule has 29 heavy (non-hydrogen) atoms. The van der Waals surface area contributed by atoms with Gasteiger partial charge in [-0.2, -0.15) is 0 Å². The smallest absolute Gasteiger partial charge is 0.166 e. The van der Waals surface area contributed by atoms with Crippen LogP contribution in [-0.4, -0.2) is 58.5 Å². The number of halogens is 1. The molecule has 1 N–H and O–H groups in total. The maximum Gasteiger partial charge on any atom is 0.166 e. The zero-order valence-electron chi connectivity index (χ0n) is 17.0. The van der Waals surface area contributed by atoms with Gasteiger partial charge in [-0.15, -0.1) is 0 Å². The maximum absolute atomic E-state index is 6.40. The first-order chi connectivity index (χ1) is 13.9. The second-order valence-electron chi connectivity index (χ2n) is 7.40. The topological polar surface area (TPSA) is 61.6 Å². The van der Waals surface area contributed by atoms with Gasteiger partial charge in [0.05, 0.1) is 16.9 Å². The highest BCUT2D eigenvalue weighted by Gasteiger charge is 2.14. The van der Waals surface area contributed by atoms with Crippen molar-refractivity contribution in [3.63, 3.8) is 0 Å². The number of pyridine rings is 1. The lowest BCUT2D eigenvalue weighted by Gasteiger charge is -2.21. The highest BCUT2D eigenvalue weighted by atomic mass is 35.5. The van der Waals surface area contributed by atoms with E-state index >= 15 is 0 Å². The number of rotatable bonds is 6. The van der Waals surface area contributed by atoms with E-state index in [1.807, 2.05) is 48.7 Å². The third kappa shape index (κ3) is 3.83. The second kappa shape index (κ2) is 7.85. The Kier molecular flexibility index (Phi) is 5.25. The molecule has 1 aromatic carbocycles. The number of fused-ring (bicyclic) bond motifs is 3. The van der Waals surface area contributed by atoms with Crippen molar-refractivity contribution in [2.24, 2.45) is 0 Å². The van der Waals surface area contributed by atoms with Crippen molar-refractivity contribution in [1.82, 2.24) is 24.3 Å². The predicted octanol–water partition coefficient (Wildman–Crippen LogP) is 3.98. The summed E-state index contributed by atoms with van der Waals surface area (Å²) in [6.07, 6.45) is 3.55. The third-order valence-electron chi connectivity index (χ3n) is 4.92. The highest BCUT2D eigenvalue weighted by molar-refractivity contribution is 6.33. The number of nitrogens with one attached hydrogen (secondary N) is 1. The minimum absolute atomic E-state index is 0.653. The van der Waals surface area contributed by atoms with E-state index in [-0.39, 0.29) is 0 Å². The van der Waals surface area contributed by atoms with E-state index in [0.29, 0.717) is 10.8 Å². The summed E-state index contributed by atoms with van der Waals surface area (Å²) in [6, 6.07) is 9.80. The van der Waals surface area contributed by atoms with Crippen molar-refractivity contribution in [2.75, 3.05) is 44.4 Å².